The van der Waals surface area contributed by atoms with E-state index < -0.39 is 0 Å². The van der Waals surface area contributed by atoms with Gasteiger partial charge < -0.3 is 10.1 Å². The second-order valence-corrected chi connectivity index (χ2v) is 5.71. The Kier molecular flexibility index (Phi) is 6.93. The zero-order chi connectivity index (χ0) is 14.3. The number of hydrogen-bond donors (Lipinski definition) is 1. The zero-order valence-electron chi connectivity index (χ0n) is 13.1. The van der Waals surface area contributed by atoms with Gasteiger partial charge in [0.05, 0.1) is 6.10 Å². The van der Waals surface area contributed by atoms with Crippen molar-refractivity contribution in [2.45, 2.75) is 59.1 Å². The molecular weight excluding hydrogens is 234 g/mol. The highest BCUT2D eigenvalue weighted by atomic mass is 16.5. The van der Waals surface area contributed by atoms with E-state index in [1.165, 1.54) is 24.8 Å². The number of rotatable bonds is 8. The maximum Gasteiger partial charge on any atom is 0.120 e. The molecule has 0 amide bonds. The Balaban J connectivity index is 2.74. The predicted octanol–water partition coefficient (Wildman–Crippen LogP) is 4.56. The molecule has 0 aliphatic rings. The standard InChI is InChI=1S/C17H29NO/c1-6-8-14(4)11-17(18-5)15-9-7-10-16(12-15)19-13(2)3/h7,9-10,12-14,17-18H,6,8,11H2,1-5H3. The fraction of sp³-hybridized carbons (Fsp3) is 0.647. The van der Waals surface area contributed by atoms with Crippen molar-refractivity contribution in [1.82, 2.24) is 5.32 Å². The largest absolute Gasteiger partial charge is 0.491 e. The molecule has 0 aliphatic carbocycles. The van der Waals surface area contributed by atoms with Gasteiger partial charge in [0.25, 0.3) is 0 Å². The number of hydrogen-bond acceptors (Lipinski definition) is 2. The Morgan fingerprint density at radius 3 is 2.53 bits per heavy atom. The van der Waals surface area contributed by atoms with Crippen LogP contribution in [0.5, 0.6) is 5.75 Å². The van der Waals surface area contributed by atoms with E-state index >= 15 is 0 Å². The minimum Gasteiger partial charge on any atom is -0.491 e. The van der Waals surface area contributed by atoms with Gasteiger partial charge in [0, 0.05) is 6.04 Å². The van der Waals surface area contributed by atoms with Crippen molar-refractivity contribution in [1.29, 1.82) is 0 Å². The predicted molar refractivity (Wildman–Crippen MR) is 82.7 cm³/mol. The highest BCUT2D eigenvalue weighted by Crippen LogP contribution is 2.26. The average molecular weight is 263 g/mol. The van der Waals surface area contributed by atoms with Crippen LogP contribution in [-0.4, -0.2) is 13.2 Å². The minimum absolute atomic E-state index is 0.224. The second-order valence-electron chi connectivity index (χ2n) is 5.71. The molecule has 0 saturated carbocycles. The lowest BCUT2D eigenvalue weighted by atomic mass is 9.93. The molecule has 0 aliphatic heterocycles. The fourth-order valence-electron chi connectivity index (χ4n) is 2.51. The first-order valence-corrected chi connectivity index (χ1v) is 7.50. The summed E-state index contributed by atoms with van der Waals surface area (Å²) >= 11 is 0. The molecule has 19 heavy (non-hydrogen) atoms. The summed E-state index contributed by atoms with van der Waals surface area (Å²) in [5.74, 6) is 1.72. The Morgan fingerprint density at radius 1 is 1.21 bits per heavy atom. The van der Waals surface area contributed by atoms with Gasteiger partial charge in [-0.15, -0.1) is 0 Å². The summed E-state index contributed by atoms with van der Waals surface area (Å²) in [5.41, 5.74) is 1.32. The van der Waals surface area contributed by atoms with Crippen LogP contribution in [0.2, 0.25) is 0 Å². The summed E-state index contributed by atoms with van der Waals surface area (Å²) in [6.45, 7) is 8.71. The van der Waals surface area contributed by atoms with Crippen LogP contribution < -0.4 is 10.1 Å². The van der Waals surface area contributed by atoms with Crippen molar-refractivity contribution in [2.24, 2.45) is 5.92 Å². The lowest BCUT2D eigenvalue weighted by Gasteiger charge is -2.21. The Morgan fingerprint density at radius 2 is 1.95 bits per heavy atom. The monoisotopic (exact) mass is 263 g/mol. The van der Waals surface area contributed by atoms with Gasteiger partial charge in [-0.3, -0.25) is 0 Å². The SMILES string of the molecule is CCCC(C)CC(NC)c1cccc(OC(C)C)c1. The van der Waals surface area contributed by atoms with E-state index in [-0.39, 0.29) is 6.10 Å². The molecule has 1 N–H and O–H groups in total. The Bertz CT molecular complexity index is 362. The fourth-order valence-corrected chi connectivity index (χ4v) is 2.51. The van der Waals surface area contributed by atoms with Gasteiger partial charge in [-0.05, 0) is 50.9 Å². The topological polar surface area (TPSA) is 21.3 Å². The van der Waals surface area contributed by atoms with E-state index in [1.807, 2.05) is 13.1 Å². The Labute approximate surface area is 118 Å². The average Bonchev–Trinajstić information content (AvgIpc) is 2.35. The van der Waals surface area contributed by atoms with E-state index in [4.69, 9.17) is 4.74 Å². The van der Waals surface area contributed by atoms with Crippen LogP contribution in [0.3, 0.4) is 0 Å². The second kappa shape index (κ2) is 8.21. The molecule has 0 spiro atoms. The highest BCUT2D eigenvalue weighted by molar-refractivity contribution is 5.30. The van der Waals surface area contributed by atoms with Crippen molar-refractivity contribution in [3.8, 4) is 5.75 Å². The third-order valence-electron chi connectivity index (χ3n) is 3.40. The molecule has 0 aromatic heterocycles. The van der Waals surface area contributed by atoms with Gasteiger partial charge in [0.1, 0.15) is 5.75 Å². The first kappa shape index (κ1) is 16.0. The van der Waals surface area contributed by atoms with Crippen molar-refractivity contribution in [2.75, 3.05) is 7.05 Å². The van der Waals surface area contributed by atoms with Crippen LogP contribution in [-0.2, 0) is 0 Å². The summed E-state index contributed by atoms with van der Waals surface area (Å²) < 4.78 is 5.77. The van der Waals surface area contributed by atoms with Crippen molar-refractivity contribution in [3.05, 3.63) is 29.8 Å². The third kappa shape index (κ3) is 5.65. The van der Waals surface area contributed by atoms with Crippen LogP contribution in [0.1, 0.15) is 58.6 Å². The number of benzene rings is 1. The maximum atomic E-state index is 5.77. The molecule has 108 valence electrons. The molecule has 2 unspecified atom stereocenters. The van der Waals surface area contributed by atoms with Gasteiger partial charge in [-0.25, -0.2) is 0 Å². The molecular formula is C17H29NO. The zero-order valence-corrected chi connectivity index (χ0v) is 13.1. The minimum atomic E-state index is 0.224. The van der Waals surface area contributed by atoms with Crippen LogP contribution in [0, 0.1) is 5.92 Å². The molecule has 2 atom stereocenters. The van der Waals surface area contributed by atoms with Gasteiger partial charge in [0.2, 0.25) is 0 Å². The summed E-state index contributed by atoms with van der Waals surface area (Å²) in [4.78, 5) is 0. The van der Waals surface area contributed by atoms with E-state index in [0.29, 0.717) is 6.04 Å². The molecule has 0 saturated heterocycles. The summed E-state index contributed by atoms with van der Waals surface area (Å²) in [6.07, 6.45) is 3.95. The van der Waals surface area contributed by atoms with E-state index in [0.717, 1.165) is 11.7 Å². The first-order valence-electron chi connectivity index (χ1n) is 7.50. The summed E-state index contributed by atoms with van der Waals surface area (Å²) in [7, 11) is 2.04. The first-order chi connectivity index (χ1) is 9.06. The maximum absolute atomic E-state index is 5.77. The van der Waals surface area contributed by atoms with Crippen LogP contribution >= 0.6 is 0 Å². The lowest BCUT2D eigenvalue weighted by molar-refractivity contribution is 0.242. The molecule has 1 aromatic carbocycles. The molecule has 2 heteroatoms. The van der Waals surface area contributed by atoms with Crippen LogP contribution in [0.15, 0.2) is 24.3 Å². The smallest absolute Gasteiger partial charge is 0.120 e. The molecule has 0 heterocycles. The third-order valence-corrected chi connectivity index (χ3v) is 3.40. The Hall–Kier alpha value is -1.02. The molecule has 2 nitrogen and oxygen atoms in total. The lowest BCUT2D eigenvalue weighted by Crippen LogP contribution is -2.19. The summed E-state index contributed by atoms with van der Waals surface area (Å²) in [6, 6.07) is 8.89. The van der Waals surface area contributed by atoms with Gasteiger partial charge in [-0.1, -0.05) is 38.8 Å². The van der Waals surface area contributed by atoms with Gasteiger partial charge in [0.15, 0.2) is 0 Å². The van der Waals surface area contributed by atoms with Gasteiger partial charge in [-0.2, -0.15) is 0 Å². The van der Waals surface area contributed by atoms with Crippen molar-refractivity contribution < 1.29 is 4.74 Å². The summed E-state index contributed by atoms with van der Waals surface area (Å²) in [5, 5.41) is 3.43. The molecule has 0 fully saturated rings. The van der Waals surface area contributed by atoms with E-state index in [2.05, 4.69) is 51.2 Å². The molecule has 0 radical (unpaired) electrons. The number of ether oxygens (including phenoxy) is 1. The van der Waals surface area contributed by atoms with Crippen molar-refractivity contribution >= 4 is 0 Å². The van der Waals surface area contributed by atoms with E-state index in [9.17, 15) is 0 Å². The van der Waals surface area contributed by atoms with E-state index in [1.54, 1.807) is 0 Å². The normalized spacial score (nSPS) is 14.4. The molecule has 1 rings (SSSR count). The molecule has 0 bridgehead atoms. The van der Waals surface area contributed by atoms with Crippen LogP contribution in [0.4, 0.5) is 0 Å². The number of nitrogens with one attached hydrogen (secondary N) is 1. The van der Waals surface area contributed by atoms with Gasteiger partial charge >= 0.3 is 0 Å². The van der Waals surface area contributed by atoms with Crippen LogP contribution in [0.25, 0.3) is 0 Å². The quantitative estimate of drug-likeness (QED) is 0.742. The van der Waals surface area contributed by atoms with Crippen molar-refractivity contribution in [3.63, 3.8) is 0 Å². The molecule has 1 aromatic rings. The highest BCUT2D eigenvalue weighted by Gasteiger charge is 2.14.